The number of benzene rings is 1. The van der Waals surface area contributed by atoms with E-state index in [1.807, 2.05) is 37.3 Å². The topological polar surface area (TPSA) is 41.1 Å². The Bertz CT molecular complexity index is 371. The number of rotatable bonds is 4. The highest BCUT2D eigenvalue weighted by atomic mass is 16.2. The van der Waals surface area contributed by atoms with Gasteiger partial charge in [-0.25, -0.2) is 0 Å². The third-order valence-corrected chi connectivity index (χ3v) is 3.00. The summed E-state index contributed by atoms with van der Waals surface area (Å²) in [4.78, 5) is 11.8. The van der Waals surface area contributed by atoms with Crippen LogP contribution in [-0.4, -0.2) is 17.5 Å². The van der Waals surface area contributed by atoms with Crippen LogP contribution >= 0.6 is 0 Å². The molecule has 1 aliphatic carbocycles. The third-order valence-electron chi connectivity index (χ3n) is 3.00. The molecule has 2 rings (SSSR count). The lowest BCUT2D eigenvalue weighted by Crippen LogP contribution is -2.44. The lowest BCUT2D eigenvalue weighted by Gasteiger charge is -2.18. The summed E-state index contributed by atoms with van der Waals surface area (Å²) >= 11 is 0. The molecule has 0 aliphatic heterocycles. The first kappa shape index (κ1) is 11.1. The van der Waals surface area contributed by atoms with Crippen molar-refractivity contribution in [3.63, 3.8) is 0 Å². The highest BCUT2D eigenvalue weighted by Crippen LogP contribution is 2.34. The molecule has 1 atom stereocenters. The monoisotopic (exact) mass is 218 g/mol. The molecular formula is C13H18N2O. The van der Waals surface area contributed by atoms with Gasteiger partial charge in [0, 0.05) is 11.2 Å². The van der Waals surface area contributed by atoms with Gasteiger partial charge in [0.25, 0.3) is 0 Å². The van der Waals surface area contributed by atoms with Gasteiger partial charge in [0.05, 0.1) is 6.04 Å². The minimum Gasteiger partial charge on any atom is -0.325 e. The zero-order chi connectivity index (χ0) is 11.6. The first-order valence-electron chi connectivity index (χ1n) is 5.73. The molecule has 0 bridgehead atoms. The van der Waals surface area contributed by atoms with Crippen LogP contribution in [0.3, 0.4) is 0 Å². The maximum absolute atomic E-state index is 11.8. The van der Waals surface area contributed by atoms with Crippen molar-refractivity contribution in [2.75, 3.05) is 5.32 Å². The molecule has 1 aromatic rings. The molecule has 3 nitrogen and oxygen atoms in total. The predicted molar refractivity (Wildman–Crippen MR) is 65.3 cm³/mol. The van der Waals surface area contributed by atoms with Gasteiger partial charge < -0.3 is 10.6 Å². The molecule has 0 saturated heterocycles. The van der Waals surface area contributed by atoms with Crippen LogP contribution in [0.15, 0.2) is 30.3 Å². The fourth-order valence-corrected chi connectivity index (χ4v) is 1.69. The standard InChI is InChI=1S/C13H18N2O/c1-10(15-13(2)8-9-13)12(16)14-11-6-4-3-5-7-11/h3-7,10,15H,8-9H2,1-2H3,(H,14,16). The summed E-state index contributed by atoms with van der Waals surface area (Å²) in [5.41, 5.74) is 1.04. The number of amides is 1. The van der Waals surface area contributed by atoms with Crippen LogP contribution in [0.4, 0.5) is 5.69 Å². The molecule has 3 heteroatoms. The summed E-state index contributed by atoms with van der Waals surface area (Å²) in [6.07, 6.45) is 2.33. The number of hydrogen-bond acceptors (Lipinski definition) is 2. The zero-order valence-electron chi connectivity index (χ0n) is 9.79. The molecule has 16 heavy (non-hydrogen) atoms. The molecule has 2 N–H and O–H groups in total. The average molecular weight is 218 g/mol. The van der Waals surface area contributed by atoms with Crippen molar-refractivity contribution in [1.82, 2.24) is 5.32 Å². The Morgan fingerprint density at radius 2 is 1.94 bits per heavy atom. The lowest BCUT2D eigenvalue weighted by molar-refractivity contribution is -0.118. The molecule has 0 spiro atoms. The van der Waals surface area contributed by atoms with Gasteiger partial charge in [-0.1, -0.05) is 18.2 Å². The van der Waals surface area contributed by atoms with Crippen LogP contribution in [0.2, 0.25) is 0 Å². The van der Waals surface area contributed by atoms with E-state index in [2.05, 4.69) is 17.6 Å². The van der Waals surface area contributed by atoms with Gasteiger partial charge in [0.2, 0.25) is 5.91 Å². The number of carbonyl (C=O) groups excluding carboxylic acids is 1. The highest BCUT2D eigenvalue weighted by molar-refractivity contribution is 5.94. The van der Waals surface area contributed by atoms with E-state index in [-0.39, 0.29) is 17.5 Å². The molecule has 1 aliphatic rings. The van der Waals surface area contributed by atoms with Crippen LogP contribution in [0.5, 0.6) is 0 Å². The number of anilines is 1. The maximum atomic E-state index is 11.8. The molecule has 1 saturated carbocycles. The normalized spacial score (nSPS) is 18.9. The first-order valence-corrected chi connectivity index (χ1v) is 5.73. The maximum Gasteiger partial charge on any atom is 0.241 e. The zero-order valence-corrected chi connectivity index (χ0v) is 9.79. The van der Waals surface area contributed by atoms with Crippen molar-refractivity contribution in [1.29, 1.82) is 0 Å². The SMILES string of the molecule is CC(NC1(C)CC1)C(=O)Nc1ccccc1. The van der Waals surface area contributed by atoms with Crippen LogP contribution in [0, 0.1) is 0 Å². The second kappa shape index (κ2) is 4.26. The van der Waals surface area contributed by atoms with E-state index >= 15 is 0 Å². The fourth-order valence-electron chi connectivity index (χ4n) is 1.69. The third kappa shape index (κ3) is 2.83. The minimum atomic E-state index is -0.146. The smallest absolute Gasteiger partial charge is 0.241 e. The van der Waals surface area contributed by atoms with Gasteiger partial charge in [-0.2, -0.15) is 0 Å². The average Bonchev–Trinajstić information content (AvgIpc) is 2.97. The second-order valence-electron chi connectivity index (χ2n) is 4.78. The van der Waals surface area contributed by atoms with E-state index < -0.39 is 0 Å². The molecule has 0 heterocycles. The van der Waals surface area contributed by atoms with Crippen molar-refractivity contribution < 1.29 is 4.79 Å². The molecule has 1 amide bonds. The Morgan fingerprint density at radius 3 is 2.50 bits per heavy atom. The van der Waals surface area contributed by atoms with Gasteiger partial charge in [0.15, 0.2) is 0 Å². The number of hydrogen-bond donors (Lipinski definition) is 2. The van der Waals surface area contributed by atoms with E-state index in [1.165, 1.54) is 0 Å². The van der Waals surface area contributed by atoms with Gasteiger partial charge in [-0.05, 0) is 38.8 Å². The Balaban J connectivity index is 1.88. The Labute approximate surface area is 96.2 Å². The Hall–Kier alpha value is -1.35. The van der Waals surface area contributed by atoms with Crippen molar-refractivity contribution >= 4 is 11.6 Å². The largest absolute Gasteiger partial charge is 0.325 e. The summed E-state index contributed by atoms with van der Waals surface area (Å²) in [7, 11) is 0. The second-order valence-corrected chi connectivity index (χ2v) is 4.78. The van der Waals surface area contributed by atoms with Gasteiger partial charge >= 0.3 is 0 Å². The van der Waals surface area contributed by atoms with Crippen molar-refractivity contribution in [2.45, 2.75) is 38.3 Å². The van der Waals surface area contributed by atoms with Crippen molar-refractivity contribution in [3.05, 3.63) is 30.3 Å². The van der Waals surface area contributed by atoms with Crippen molar-refractivity contribution in [2.24, 2.45) is 0 Å². The summed E-state index contributed by atoms with van der Waals surface area (Å²) in [6.45, 7) is 4.06. The Kier molecular flexibility index (Phi) is 2.97. The van der Waals surface area contributed by atoms with Crippen molar-refractivity contribution in [3.8, 4) is 0 Å². The van der Waals surface area contributed by atoms with Crippen LogP contribution < -0.4 is 10.6 Å². The van der Waals surface area contributed by atoms with Gasteiger partial charge in [-0.15, -0.1) is 0 Å². The predicted octanol–water partition coefficient (Wildman–Crippen LogP) is 2.16. The summed E-state index contributed by atoms with van der Waals surface area (Å²) < 4.78 is 0. The molecule has 1 unspecified atom stereocenters. The van der Waals surface area contributed by atoms with E-state index in [9.17, 15) is 4.79 Å². The Morgan fingerprint density at radius 1 is 1.31 bits per heavy atom. The number of nitrogens with one attached hydrogen (secondary N) is 2. The summed E-state index contributed by atoms with van der Waals surface area (Å²) in [5.74, 6) is 0.0272. The first-order chi connectivity index (χ1) is 7.59. The quantitative estimate of drug-likeness (QED) is 0.813. The molecule has 0 aromatic heterocycles. The molecule has 86 valence electrons. The molecular weight excluding hydrogens is 200 g/mol. The van der Waals surface area contributed by atoms with Crippen LogP contribution in [0.1, 0.15) is 26.7 Å². The molecule has 1 aromatic carbocycles. The van der Waals surface area contributed by atoms with Gasteiger partial charge in [0.1, 0.15) is 0 Å². The fraction of sp³-hybridized carbons (Fsp3) is 0.462. The van der Waals surface area contributed by atoms with E-state index in [1.54, 1.807) is 0 Å². The highest BCUT2D eigenvalue weighted by Gasteiger charge is 2.39. The lowest BCUT2D eigenvalue weighted by atomic mass is 10.2. The van der Waals surface area contributed by atoms with E-state index in [4.69, 9.17) is 0 Å². The summed E-state index contributed by atoms with van der Waals surface area (Å²) in [6, 6.07) is 9.40. The van der Waals surface area contributed by atoms with E-state index in [0.717, 1.165) is 18.5 Å². The number of carbonyl (C=O) groups is 1. The van der Waals surface area contributed by atoms with E-state index in [0.29, 0.717) is 0 Å². The van der Waals surface area contributed by atoms with Crippen LogP contribution in [0.25, 0.3) is 0 Å². The summed E-state index contributed by atoms with van der Waals surface area (Å²) in [5, 5.41) is 6.23. The molecule has 0 radical (unpaired) electrons. The van der Waals surface area contributed by atoms with Crippen LogP contribution in [-0.2, 0) is 4.79 Å². The minimum absolute atomic E-state index is 0.0272. The van der Waals surface area contributed by atoms with Gasteiger partial charge in [-0.3, -0.25) is 4.79 Å². The molecule has 1 fully saturated rings. The number of para-hydroxylation sites is 1.